The third-order valence-electron chi connectivity index (χ3n) is 6.60. The number of rotatable bonds is 10. The minimum absolute atomic E-state index is 0.0585. The zero-order valence-corrected chi connectivity index (χ0v) is 23.9. The third kappa shape index (κ3) is 7.28. The summed E-state index contributed by atoms with van der Waals surface area (Å²) < 4.78 is 5.67. The Bertz CT molecular complexity index is 1600. The molecule has 0 saturated heterocycles. The van der Waals surface area contributed by atoms with E-state index < -0.39 is 5.97 Å². The number of amides is 2. The first-order valence-corrected chi connectivity index (χ1v) is 13.6. The maximum absolute atomic E-state index is 13.5. The predicted molar refractivity (Wildman–Crippen MR) is 165 cm³/mol. The van der Waals surface area contributed by atoms with Crippen molar-refractivity contribution in [1.29, 1.82) is 5.41 Å². The number of ether oxygens (including phenoxy) is 1. The van der Waals surface area contributed by atoms with Crippen LogP contribution in [0.25, 0.3) is 11.1 Å². The first kappa shape index (κ1) is 29.7. The van der Waals surface area contributed by atoms with Crippen molar-refractivity contribution < 1.29 is 19.1 Å². The van der Waals surface area contributed by atoms with Gasteiger partial charge in [0.05, 0.1) is 5.56 Å². The van der Waals surface area contributed by atoms with Crippen LogP contribution in [-0.2, 0) is 11.3 Å². The summed E-state index contributed by atoms with van der Waals surface area (Å²) in [6, 6.07) is 27.8. The number of benzene rings is 4. The van der Waals surface area contributed by atoms with Gasteiger partial charge in [0, 0.05) is 36.0 Å². The molecular formula is C34H34N4O4. The van der Waals surface area contributed by atoms with Crippen LogP contribution in [0.4, 0.5) is 5.69 Å². The number of hydrogen-bond donors (Lipinski definition) is 3. The molecule has 0 atom stereocenters. The maximum Gasteiger partial charge on any atom is 0.339 e. The summed E-state index contributed by atoms with van der Waals surface area (Å²) >= 11 is 0. The first-order chi connectivity index (χ1) is 20.1. The molecule has 4 rings (SSSR count). The highest BCUT2D eigenvalue weighted by molar-refractivity contribution is 6.11. The van der Waals surface area contributed by atoms with E-state index in [2.05, 4.69) is 5.32 Å². The molecule has 4 aromatic rings. The van der Waals surface area contributed by atoms with Crippen LogP contribution >= 0.6 is 0 Å². The SMILES string of the molecule is CC(C)CN(C)C(=O)c1ccc(-c2ccccc2C(=O)Nc2ccc(C(=N)N)cc2)c(C(=O)OCc2ccccc2)c1. The summed E-state index contributed by atoms with van der Waals surface area (Å²) in [6.07, 6.45) is 0. The van der Waals surface area contributed by atoms with E-state index in [1.807, 2.05) is 44.2 Å². The average Bonchev–Trinajstić information content (AvgIpc) is 2.99. The van der Waals surface area contributed by atoms with E-state index in [1.54, 1.807) is 72.6 Å². The zero-order valence-electron chi connectivity index (χ0n) is 23.9. The Morgan fingerprint density at radius 1 is 0.833 bits per heavy atom. The normalized spacial score (nSPS) is 10.7. The molecule has 0 spiro atoms. The zero-order chi connectivity index (χ0) is 30.2. The number of nitrogens with one attached hydrogen (secondary N) is 2. The summed E-state index contributed by atoms with van der Waals surface area (Å²) in [4.78, 5) is 41.8. The predicted octanol–water partition coefficient (Wildman–Crippen LogP) is 5.97. The summed E-state index contributed by atoms with van der Waals surface area (Å²) in [5.74, 6) is -1.00. The minimum Gasteiger partial charge on any atom is -0.457 e. The van der Waals surface area contributed by atoms with E-state index in [9.17, 15) is 14.4 Å². The van der Waals surface area contributed by atoms with E-state index in [4.69, 9.17) is 15.9 Å². The Morgan fingerprint density at radius 3 is 2.12 bits per heavy atom. The van der Waals surface area contributed by atoms with Crippen LogP contribution in [0.5, 0.6) is 0 Å². The molecule has 4 aromatic carbocycles. The van der Waals surface area contributed by atoms with Gasteiger partial charge in [-0.1, -0.05) is 68.4 Å². The summed E-state index contributed by atoms with van der Waals surface area (Å²) in [5.41, 5.74) is 9.27. The largest absolute Gasteiger partial charge is 0.457 e. The van der Waals surface area contributed by atoms with Gasteiger partial charge in [0.1, 0.15) is 12.4 Å². The summed E-state index contributed by atoms with van der Waals surface area (Å²) in [6.45, 7) is 4.67. The molecule has 0 unspecified atom stereocenters. The molecule has 0 aliphatic heterocycles. The van der Waals surface area contributed by atoms with Crippen LogP contribution in [0.15, 0.2) is 97.1 Å². The molecule has 214 valence electrons. The number of amidine groups is 1. The van der Waals surface area contributed by atoms with E-state index >= 15 is 0 Å². The molecule has 0 aliphatic rings. The first-order valence-electron chi connectivity index (χ1n) is 13.6. The van der Waals surface area contributed by atoms with Crippen LogP contribution in [-0.4, -0.2) is 42.1 Å². The molecule has 0 heterocycles. The molecule has 0 saturated carbocycles. The molecule has 0 radical (unpaired) electrons. The Morgan fingerprint density at radius 2 is 1.45 bits per heavy atom. The van der Waals surface area contributed by atoms with Crippen LogP contribution in [0, 0.1) is 11.3 Å². The maximum atomic E-state index is 13.5. The molecule has 0 aliphatic carbocycles. The summed E-state index contributed by atoms with van der Waals surface area (Å²) in [5, 5.41) is 10.4. The fourth-order valence-corrected chi connectivity index (χ4v) is 4.58. The molecule has 8 nitrogen and oxygen atoms in total. The van der Waals surface area contributed by atoms with Gasteiger partial charge < -0.3 is 20.7 Å². The lowest BCUT2D eigenvalue weighted by Crippen LogP contribution is -2.30. The number of nitrogens with zero attached hydrogens (tertiary/aromatic N) is 1. The molecule has 8 heteroatoms. The molecule has 0 fully saturated rings. The van der Waals surface area contributed by atoms with Gasteiger partial charge in [0.25, 0.3) is 11.8 Å². The lowest BCUT2D eigenvalue weighted by molar-refractivity contribution is 0.0473. The number of nitrogen functional groups attached to an aromatic ring is 1. The van der Waals surface area contributed by atoms with Crippen LogP contribution in [0.3, 0.4) is 0 Å². The van der Waals surface area contributed by atoms with E-state index in [-0.39, 0.29) is 35.7 Å². The van der Waals surface area contributed by atoms with Gasteiger partial charge >= 0.3 is 5.97 Å². The van der Waals surface area contributed by atoms with E-state index in [1.165, 1.54) is 6.07 Å². The Kier molecular flexibility index (Phi) is 9.50. The molecule has 0 bridgehead atoms. The number of anilines is 1. The average molecular weight is 563 g/mol. The lowest BCUT2D eigenvalue weighted by Gasteiger charge is -2.20. The van der Waals surface area contributed by atoms with Crippen LogP contribution in [0.2, 0.25) is 0 Å². The molecule has 42 heavy (non-hydrogen) atoms. The van der Waals surface area contributed by atoms with E-state index in [0.29, 0.717) is 40.0 Å². The van der Waals surface area contributed by atoms with Gasteiger partial charge in [0.15, 0.2) is 0 Å². The summed E-state index contributed by atoms with van der Waals surface area (Å²) in [7, 11) is 1.73. The van der Waals surface area contributed by atoms with Gasteiger partial charge in [0.2, 0.25) is 0 Å². The monoisotopic (exact) mass is 562 g/mol. The number of carbonyl (C=O) groups is 3. The van der Waals surface area contributed by atoms with Crippen molar-refractivity contribution >= 4 is 29.3 Å². The quantitative estimate of drug-likeness (QED) is 0.125. The number of esters is 1. The van der Waals surface area contributed by atoms with Crippen molar-refractivity contribution in [2.24, 2.45) is 11.7 Å². The van der Waals surface area contributed by atoms with Gasteiger partial charge in [-0.25, -0.2) is 4.79 Å². The molecular weight excluding hydrogens is 528 g/mol. The standard InChI is InChI=1S/C34H34N4O4/c1-22(2)20-38(3)33(40)25-15-18-28(30(19-25)34(41)42-21-23-9-5-4-6-10-23)27-11-7-8-12-29(27)32(39)37-26-16-13-24(14-17-26)31(35)36/h4-19,22H,20-21H2,1-3H3,(H3,35,36)(H,37,39). The fraction of sp³-hybridized carbons (Fsp3) is 0.176. The lowest BCUT2D eigenvalue weighted by atomic mass is 9.93. The number of carbonyl (C=O) groups excluding carboxylic acids is 3. The van der Waals surface area contributed by atoms with Gasteiger partial charge in [-0.3, -0.25) is 15.0 Å². The Labute approximate surface area is 245 Å². The van der Waals surface area contributed by atoms with Crippen molar-refractivity contribution in [2.45, 2.75) is 20.5 Å². The highest BCUT2D eigenvalue weighted by Crippen LogP contribution is 2.30. The van der Waals surface area contributed by atoms with Crippen LogP contribution < -0.4 is 11.1 Å². The van der Waals surface area contributed by atoms with Gasteiger partial charge in [-0.15, -0.1) is 0 Å². The molecule has 2 amide bonds. The highest BCUT2D eigenvalue weighted by Gasteiger charge is 2.23. The fourth-order valence-electron chi connectivity index (χ4n) is 4.58. The number of nitrogens with two attached hydrogens (primary N) is 1. The second-order valence-corrected chi connectivity index (χ2v) is 10.4. The van der Waals surface area contributed by atoms with E-state index in [0.717, 1.165) is 5.56 Å². The van der Waals surface area contributed by atoms with Crippen molar-refractivity contribution in [2.75, 3.05) is 18.9 Å². The van der Waals surface area contributed by atoms with Gasteiger partial charge in [-0.05, 0) is 65.1 Å². The van der Waals surface area contributed by atoms with Gasteiger partial charge in [-0.2, -0.15) is 0 Å². The highest BCUT2D eigenvalue weighted by atomic mass is 16.5. The second kappa shape index (κ2) is 13.4. The molecule has 4 N–H and O–H groups in total. The van der Waals surface area contributed by atoms with Crippen molar-refractivity contribution in [3.05, 3.63) is 125 Å². The minimum atomic E-state index is -0.606. The third-order valence-corrected chi connectivity index (χ3v) is 6.60. The smallest absolute Gasteiger partial charge is 0.339 e. The Balaban J connectivity index is 1.71. The number of hydrogen-bond acceptors (Lipinski definition) is 5. The van der Waals surface area contributed by atoms with Crippen molar-refractivity contribution in [3.63, 3.8) is 0 Å². The molecule has 0 aromatic heterocycles. The van der Waals surface area contributed by atoms with Crippen LogP contribution in [0.1, 0.15) is 56.0 Å². The second-order valence-electron chi connectivity index (χ2n) is 10.4. The Hall–Kier alpha value is -5.24. The topological polar surface area (TPSA) is 126 Å². The van der Waals surface area contributed by atoms with Crippen molar-refractivity contribution in [1.82, 2.24) is 4.90 Å². The van der Waals surface area contributed by atoms with Crippen molar-refractivity contribution in [3.8, 4) is 11.1 Å².